The number of hydrogen-bond acceptors (Lipinski definition) is 3. The third-order valence-electron chi connectivity index (χ3n) is 2.95. The van der Waals surface area contributed by atoms with Crippen molar-refractivity contribution in [2.45, 2.75) is 6.61 Å². The molecule has 0 fully saturated rings. The fourth-order valence-corrected chi connectivity index (χ4v) is 1.87. The summed E-state index contributed by atoms with van der Waals surface area (Å²) in [7, 11) is 0. The molecule has 0 aliphatic rings. The lowest BCUT2D eigenvalue weighted by molar-refractivity contribution is -0.111. The van der Waals surface area contributed by atoms with Crippen molar-refractivity contribution < 1.29 is 23.1 Å². The van der Waals surface area contributed by atoms with Crippen LogP contribution in [0.5, 0.6) is 5.75 Å². The highest BCUT2D eigenvalue weighted by molar-refractivity contribution is 6.03. The second-order valence-corrected chi connectivity index (χ2v) is 4.72. The molecule has 2 rings (SSSR count). The maximum atomic E-state index is 12.0. The third kappa shape index (κ3) is 5.20. The van der Waals surface area contributed by atoms with Gasteiger partial charge in [0.25, 0.3) is 0 Å². The molecule has 0 unspecified atom stereocenters. The summed E-state index contributed by atoms with van der Waals surface area (Å²) >= 11 is 0. The zero-order valence-corrected chi connectivity index (χ0v) is 12.4. The first-order valence-electron chi connectivity index (χ1n) is 6.88. The molecule has 3 N–H and O–H groups in total. The lowest BCUT2D eigenvalue weighted by Crippen LogP contribution is -2.12. The normalized spacial score (nSPS) is 10.8. The first-order chi connectivity index (χ1) is 11.4. The molecule has 5 nitrogen and oxygen atoms in total. The molecular formula is C17H14F2N2O3. The maximum Gasteiger partial charge on any atom is 0.387 e. The van der Waals surface area contributed by atoms with Gasteiger partial charge in [0.05, 0.1) is 0 Å². The Morgan fingerprint density at radius 1 is 1.12 bits per heavy atom. The van der Waals surface area contributed by atoms with Crippen molar-refractivity contribution in [3.8, 4) is 5.75 Å². The van der Waals surface area contributed by atoms with Gasteiger partial charge in [-0.25, -0.2) is 0 Å². The van der Waals surface area contributed by atoms with E-state index in [1.807, 2.05) is 0 Å². The second kappa shape index (κ2) is 7.87. The largest absolute Gasteiger partial charge is 0.435 e. The van der Waals surface area contributed by atoms with Gasteiger partial charge in [-0.1, -0.05) is 18.2 Å². The van der Waals surface area contributed by atoms with E-state index >= 15 is 0 Å². The van der Waals surface area contributed by atoms with Gasteiger partial charge in [-0.2, -0.15) is 8.78 Å². The highest BCUT2D eigenvalue weighted by Crippen LogP contribution is 2.16. The van der Waals surface area contributed by atoms with Gasteiger partial charge in [0.15, 0.2) is 0 Å². The van der Waals surface area contributed by atoms with E-state index in [9.17, 15) is 18.4 Å². The summed E-state index contributed by atoms with van der Waals surface area (Å²) in [6.45, 7) is -2.88. The average molecular weight is 332 g/mol. The molecular weight excluding hydrogens is 318 g/mol. The van der Waals surface area contributed by atoms with E-state index in [-0.39, 0.29) is 11.3 Å². The smallest absolute Gasteiger partial charge is 0.387 e. The lowest BCUT2D eigenvalue weighted by Gasteiger charge is -2.04. The zero-order chi connectivity index (χ0) is 17.5. The molecule has 0 saturated carbocycles. The summed E-state index contributed by atoms with van der Waals surface area (Å²) in [4.78, 5) is 22.9. The lowest BCUT2D eigenvalue weighted by atomic mass is 10.2. The predicted octanol–water partition coefficient (Wildman–Crippen LogP) is 3.04. The summed E-state index contributed by atoms with van der Waals surface area (Å²) in [5.41, 5.74) is 6.52. The molecule has 0 heterocycles. The Balaban J connectivity index is 1.97. The monoisotopic (exact) mass is 332 g/mol. The van der Waals surface area contributed by atoms with E-state index in [4.69, 9.17) is 5.73 Å². The number of rotatable bonds is 6. The van der Waals surface area contributed by atoms with E-state index in [1.165, 1.54) is 48.6 Å². The van der Waals surface area contributed by atoms with Gasteiger partial charge >= 0.3 is 6.61 Å². The van der Waals surface area contributed by atoms with Crippen LogP contribution in [0.25, 0.3) is 6.08 Å². The molecule has 0 atom stereocenters. The molecule has 0 saturated heterocycles. The van der Waals surface area contributed by atoms with Crippen molar-refractivity contribution in [1.82, 2.24) is 0 Å². The Morgan fingerprint density at radius 2 is 1.83 bits per heavy atom. The van der Waals surface area contributed by atoms with Crippen molar-refractivity contribution in [3.63, 3.8) is 0 Å². The molecule has 0 spiro atoms. The second-order valence-electron chi connectivity index (χ2n) is 4.72. The Hall–Kier alpha value is -3.22. The summed E-state index contributed by atoms with van der Waals surface area (Å²) in [5, 5.41) is 2.59. The fraction of sp³-hybridized carbons (Fsp3) is 0.0588. The minimum absolute atomic E-state index is 0.0369. The van der Waals surface area contributed by atoms with E-state index < -0.39 is 18.4 Å². The molecule has 7 heteroatoms. The van der Waals surface area contributed by atoms with E-state index in [0.717, 1.165) is 0 Å². The number of nitrogens with two attached hydrogens (primary N) is 1. The van der Waals surface area contributed by atoms with Crippen LogP contribution in [-0.4, -0.2) is 18.4 Å². The number of primary amides is 1. The van der Waals surface area contributed by atoms with Crippen molar-refractivity contribution in [1.29, 1.82) is 0 Å². The Bertz CT molecular complexity index is 759. The summed E-state index contributed by atoms with van der Waals surface area (Å²) in [5.74, 6) is -0.966. The number of hydrogen-bond donors (Lipinski definition) is 2. The van der Waals surface area contributed by atoms with Crippen LogP contribution < -0.4 is 15.8 Å². The molecule has 2 aromatic carbocycles. The number of halogens is 2. The van der Waals surface area contributed by atoms with Gasteiger partial charge in [-0.15, -0.1) is 0 Å². The van der Waals surface area contributed by atoms with Crippen molar-refractivity contribution in [3.05, 3.63) is 65.7 Å². The third-order valence-corrected chi connectivity index (χ3v) is 2.95. The number of anilines is 1. The highest BCUT2D eigenvalue weighted by Gasteiger charge is 2.04. The van der Waals surface area contributed by atoms with Crippen LogP contribution in [0, 0.1) is 0 Å². The molecule has 0 aromatic heterocycles. The summed E-state index contributed by atoms with van der Waals surface area (Å²) in [6, 6.07) is 12.0. The van der Waals surface area contributed by atoms with Gasteiger partial charge in [-0.05, 0) is 42.0 Å². The molecule has 0 aliphatic carbocycles. The number of carbonyl (C=O) groups excluding carboxylic acids is 2. The molecule has 2 aromatic rings. The van der Waals surface area contributed by atoms with Crippen LogP contribution in [0.3, 0.4) is 0 Å². The van der Waals surface area contributed by atoms with Gasteiger partial charge in [0, 0.05) is 17.3 Å². The van der Waals surface area contributed by atoms with E-state index in [0.29, 0.717) is 11.3 Å². The minimum Gasteiger partial charge on any atom is -0.435 e. The Kier molecular flexibility index (Phi) is 5.62. The number of nitrogens with one attached hydrogen (secondary N) is 1. The zero-order valence-electron chi connectivity index (χ0n) is 12.4. The van der Waals surface area contributed by atoms with Crippen LogP contribution >= 0.6 is 0 Å². The average Bonchev–Trinajstić information content (AvgIpc) is 2.54. The molecule has 0 bridgehead atoms. The van der Waals surface area contributed by atoms with Crippen LogP contribution in [0.2, 0.25) is 0 Å². The number of ether oxygens (including phenoxy) is 1. The fourth-order valence-electron chi connectivity index (χ4n) is 1.87. The quantitative estimate of drug-likeness (QED) is 0.798. The van der Waals surface area contributed by atoms with E-state index in [2.05, 4.69) is 10.1 Å². The topological polar surface area (TPSA) is 81.4 Å². The van der Waals surface area contributed by atoms with Crippen LogP contribution in [0.1, 0.15) is 15.9 Å². The van der Waals surface area contributed by atoms with Crippen LogP contribution in [-0.2, 0) is 4.79 Å². The summed E-state index contributed by atoms with van der Waals surface area (Å²) < 4.78 is 28.3. The number of alkyl halides is 2. The van der Waals surface area contributed by atoms with Gasteiger partial charge in [-0.3, -0.25) is 9.59 Å². The van der Waals surface area contributed by atoms with Crippen LogP contribution in [0.15, 0.2) is 54.6 Å². The van der Waals surface area contributed by atoms with Crippen molar-refractivity contribution >= 4 is 23.6 Å². The standard InChI is InChI=1S/C17H14F2N2O3/c18-17(19)24-14-7-4-11(5-8-14)6-9-15(22)21-13-3-1-2-12(10-13)16(20)23/h1-10,17H,(H2,20,23)(H,21,22)/b9-6+. The highest BCUT2D eigenvalue weighted by atomic mass is 19.3. The molecule has 24 heavy (non-hydrogen) atoms. The minimum atomic E-state index is -2.88. The number of carbonyl (C=O) groups is 2. The maximum absolute atomic E-state index is 12.0. The molecule has 124 valence electrons. The molecule has 0 radical (unpaired) electrons. The van der Waals surface area contributed by atoms with Crippen molar-refractivity contribution in [2.75, 3.05) is 5.32 Å². The van der Waals surface area contributed by atoms with Gasteiger partial charge in [0.1, 0.15) is 5.75 Å². The molecule has 2 amide bonds. The summed E-state index contributed by atoms with van der Waals surface area (Å²) in [6.07, 6.45) is 2.79. The number of benzene rings is 2. The van der Waals surface area contributed by atoms with Crippen molar-refractivity contribution in [2.24, 2.45) is 5.73 Å². The number of amides is 2. The Morgan fingerprint density at radius 3 is 2.46 bits per heavy atom. The van der Waals surface area contributed by atoms with Gasteiger partial charge < -0.3 is 15.8 Å². The molecule has 0 aliphatic heterocycles. The Labute approximate surface area is 136 Å². The first-order valence-corrected chi connectivity index (χ1v) is 6.88. The van der Waals surface area contributed by atoms with Gasteiger partial charge in [0.2, 0.25) is 11.8 Å². The van der Waals surface area contributed by atoms with Crippen LogP contribution in [0.4, 0.5) is 14.5 Å². The predicted molar refractivity (Wildman–Crippen MR) is 85.7 cm³/mol. The SMILES string of the molecule is NC(=O)c1cccc(NC(=O)/C=C/c2ccc(OC(F)F)cc2)c1. The van der Waals surface area contributed by atoms with E-state index in [1.54, 1.807) is 12.1 Å². The first kappa shape index (κ1) is 17.1.